The lowest BCUT2D eigenvalue weighted by molar-refractivity contribution is -0.138. The van der Waals surface area contributed by atoms with Gasteiger partial charge >= 0.3 is 6.18 Å². The molecule has 1 unspecified atom stereocenters. The number of ether oxygens (including phenoxy) is 1. The summed E-state index contributed by atoms with van der Waals surface area (Å²) in [5, 5.41) is 0. The Morgan fingerprint density at radius 2 is 1.76 bits per heavy atom. The SMILES string of the molecule is COc1cc(C(N)c2ccccc2C(F)(F)F)ccc1C. The van der Waals surface area contributed by atoms with Gasteiger partial charge in [0.1, 0.15) is 5.75 Å². The van der Waals surface area contributed by atoms with Crippen molar-refractivity contribution < 1.29 is 17.9 Å². The molecule has 0 radical (unpaired) electrons. The van der Waals surface area contributed by atoms with Gasteiger partial charge < -0.3 is 10.5 Å². The van der Waals surface area contributed by atoms with Gasteiger partial charge in [-0.05, 0) is 35.7 Å². The van der Waals surface area contributed by atoms with Gasteiger partial charge in [0.05, 0.1) is 18.7 Å². The fourth-order valence-electron chi connectivity index (χ4n) is 2.24. The van der Waals surface area contributed by atoms with Gasteiger partial charge in [-0.25, -0.2) is 0 Å². The van der Waals surface area contributed by atoms with Crippen LogP contribution in [0, 0.1) is 6.92 Å². The van der Waals surface area contributed by atoms with Crippen LogP contribution < -0.4 is 10.5 Å². The lowest BCUT2D eigenvalue weighted by Gasteiger charge is -2.19. The normalized spacial score (nSPS) is 13.0. The van der Waals surface area contributed by atoms with E-state index in [9.17, 15) is 13.2 Å². The number of hydrogen-bond acceptors (Lipinski definition) is 2. The summed E-state index contributed by atoms with van der Waals surface area (Å²) in [6.45, 7) is 1.86. The van der Waals surface area contributed by atoms with Crippen LogP contribution in [-0.4, -0.2) is 7.11 Å². The molecule has 21 heavy (non-hydrogen) atoms. The van der Waals surface area contributed by atoms with Gasteiger partial charge in [-0.1, -0.05) is 30.3 Å². The summed E-state index contributed by atoms with van der Waals surface area (Å²) in [4.78, 5) is 0. The molecule has 2 aromatic rings. The summed E-state index contributed by atoms with van der Waals surface area (Å²) in [6, 6.07) is 9.66. The molecule has 0 aliphatic carbocycles. The van der Waals surface area contributed by atoms with Gasteiger partial charge in [-0.2, -0.15) is 13.2 Å². The Bertz CT molecular complexity index is 638. The van der Waals surface area contributed by atoms with Crippen LogP contribution in [0.5, 0.6) is 5.75 Å². The molecule has 0 bridgehead atoms. The van der Waals surface area contributed by atoms with Crippen LogP contribution in [0.3, 0.4) is 0 Å². The summed E-state index contributed by atoms with van der Waals surface area (Å²) in [5.41, 5.74) is 6.85. The Hall–Kier alpha value is -2.01. The van der Waals surface area contributed by atoms with Crippen molar-refractivity contribution in [2.24, 2.45) is 5.73 Å². The average molecular weight is 295 g/mol. The Morgan fingerprint density at radius 1 is 1.10 bits per heavy atom. The molecule has 0 spiro atoms. The zero-order valence-corrected chi connectivity index (χ0v) is 11.7. The average Bonchev–Trinajstić information content (AvgIpc) is 2.46. The third-order valence-corrected chi connectivity index (χ3v) is 3.39. The van der Waals surface area contributed by atoms with Crippen LogP contribution in [0.2, 0.25) is 0 Å². The Labute approximate surface area is 121 Å². The highest BCUT2D eigenvalue weighted by molar-refractivity contribution is 5.43. The number of benzene rings is 2. The van der Waals surface area contributed by atoms with Crippen molar-refractivity contribution in [2.45, 2.75) is 19.1 Å². The van der Waals surface area contributed by atoms with E-state index in [0.717, 1.165) is 11.6 Å². The predicted octanol–water partition coefficient (Wildman–Crippen LogP) is 4.07. The highest BCUT2D eigenvalue weighted by atomic mass is 19.4. The van der Waals surface area contributed by atoms with Crippen LogP contribution >= 0.6 is 0 Å². The predicted molar refractivity (Wildman–Crippen MR) is 75.2 cm³/mol. The van der Waals surface area contributed by atoms with E-state index >= 15 is 0 Å². The van der Waals surface area contributed by atoms with E-state index in [0.29, 0.717) is 11.3 Å². The van der Waals surface area contributed by atoms with Crippen LogP contribution in [-0.2, 0) is 6.18 Å². The molecule has 0 aliphatic rings. The smallest absolute Gasteiger partial charge is 0.416 e. The first-order valence-corrected chi connectivity index (χ1v) is 6.41. The molecular weight excluding hydrogens is 279 g/mol. The number of methoxy groups -OCH3 is 1. The second kappa shape index (κ2) is 5.77. The molecule has 2 N–H and O–H groups in total. The highest BCUT2D eigenvalue weighted by Crippen LogP contribution is 2.36. The summed E-state index contributed by atoms with van der Waals surface area (Å²) in [5.74, 6) is 0.604. The number of nitrogens with two attached hydrogens (primary N) is 1. The standard InChI is InChI=1S/C16H16F3NO/c1-10-7-8-11(9-14(10)21-2)15(20)12-5-3-4-6-13(12)16(17,18)19/h3-9,15H,20H2,1-2H3. The molecule has 0 saturated heterocycles. The maximum absolute atomic E-state index is 13.1. The minimum Gasteiger partial charge on any atom is -0.496 e. The van der Waals surface area contributed by atoms with Gasteiger partial charge in [-0.15, -0.1) is 0 Å². The zero-order chi connectivity index (χ0) is 15.6. The molecule has 2 nitrogen and oxygen atoms in total. The molecular formula is C16H16F3NO. The molecule has 5 heteroatoms. The lowest BCUT2D eigenvalue weighted by Crippen LogP contribution is -2.18. The van der Waals surface area contributed by atoms with E-state index in [1.807, 2.05) is 6.92 Å². The first kappa shape index (κ1) is 15.4. The minimum atomic E-state index is -4.43. The zero-order valence-electron chi connectivity index (χ0n) is 11.7. The quantitative estimate of drug-likeness (QED) is 0.926. The second-order valence-corrected chi connectivity index (χ2v) is 4.79. The van der Waals surface area contributed by atoms with Crippen molar-refractivity contribution in [1.82, 2.24) is 0 Å². The van der Waals surface area contributed by atoms with Crippen LogP contribution in [0.1, 0.15) is 28.3 Å². The van der Waals surface area contributed by atoms with Crippen LogP contribution in [0.25, 0.3) is 0 Å². The fraction of sp³-hybridized carbons (Fsp3) is 0.250. The van der Waals surface area contributed by atoms with Gasteiger partial charge in [0.25, 0.3) is 0 Å². The van der Waals surface area contributed by atoms with Crippen LogP contribution in [0.4, 0.5) is 13.2 Å². The van der Waals surface area contributed by atoms with E-state index < -0.39 is 17.8 Å². The highest BCUT2D eigenvalue weighted by Gasteiger charge is 2.34. The first-order valence-electron chi connectivity index (χ1n) is 6.41. The molecule has 2 rings (SSSR count). The third kappa shape index (κ3) is 3.19. The largest absolute Gasteiger partial charge is 0.496 e. The summed E-state index contributed by atoms with van der Waals surface area (Å²) in [7, 11) is 1.52. The molecule has 0 heterocycles. The van der Waals surface area contributed by atoms with Crippen LogP contribution in [0.15, 0.2) is 42.5 Å². The monoisotopic (exact) mass is 295 g/mol. The number of alkyl halides is 3. The van der Waals surface area contributed by atoms with Crippen molar-refractivity contribution in [3.8, 4) is 5.75 Å². The van der Waals surface area contributed by atoms with Crippen molar-refractivity contribution in [3.63, 3.8) is 0 Å². The number of halogens is 3. The van der Waals surface area contributed by atoms with Gasteiger partial charge in [-0.3, -0.25) is 0 Å². The Morgan fingerprint density at radius 3 is 2.38 bits per heavy atom. The molecule has 0 amide bonds. The van der Waals surface area contributed by atoms with Crippen molar-refractivity contribution in [2.75, 3.05) is 7.11 Å². The Kier molecular flexibility index (Phi) is 4.23. The summed E-state index contributed by atoms with van der Waals surface area (Å²) < 4.78 is 44.4. The second-order valence-electron chi connectivity index (χ2n) is 4.79. The topological polar surface area (TPSA) is 35.2 Å². The molecule has 0 saturated carbocycles. The van der Waals surface area contributed by atoms with E-state index in [4.69, 9.17) is 10.5 Å². The first-order chi connectivity index (χ1) is 9.84. The summed E-state index contributed by atoms with van der Waals surface area (Å²) in [6.07, 6.45) is -4.43. The fourth-order valence-corrected chi connectivity index (χ4v) is 2.24. The maximum Gasteiger partial charge on any atom is 0.416 e. The van der Waals surface area contributed by atoms with Crippen molar-refractivity contribution in [3.05, 3.63) is 64.7 Å². The van der Waals surface area contributed by atoms with Crippen molar-refractivity contribution in [1.29, 1.82) is 0 Å². The lowest BCUT2D eigenvalue weighted by atomic mass is 9.94. The molecule has 112 valence electrons. The summed E-state index contributed by atoms with van der Waals surface area (Å²) >= 11 is 0. The molecule has 0 aliphatic heterocycles. The number of hydrogen-bond donors (Lipinski definition) is 1. The molecule has 2 aromatic carbocycles. The molecule has 1 atom stereocenters. The van der Waals surface area contributed by atoms with E-state index in [2.05, 4.69) is 0 Å². The Balaban J connectivity index is 2.48. The van der Waals surface area contributed by atoms with Gasteiger partial charge in [0, 0.05) is 0 Å². The number of aryl methyl sites for hydroxylation is 1. The van der Waals surface area contributed by atoms with Gasteiger partial charge in [0.2, 0.25) is 0 Å². The number of rotatable bonds is 3. The molecule has 0 fully saturated rings. The van der Waals surface area contributed by atoms with E-state index in [-0.39, 0.29) is 5.56 Å². The maximum atomic E-state index is 13.1. The third-order valence-electron chi connectivity index (χ3n) is 3.39. The van der Waals surface area contributed by atoms with Gasteiger partial charge in [0.15, 0.2) is 0 Å². The van der Waals surface area contributed by atoms with E-state index in [1.54, 1.807) is 24.3 Å². The van der Waals surface area contributed by atoms with E-state index in [1.165, 1.54) is 19.2 Å². The minimum absolute atomic E-state index is 0.0518. The van der Waals surface area contributed by atoms with Crippen molar-refractivity contribution >= 4 is 0 Å². The molecule has 0 aromatic heterocycles.